The molecule has 0 N–H and O–H groups in total. The van der Waals surface area contributed by atoms with Crippen molar-refractivity contribution in [1.29, 1.82) is 0 Å². The van der Waals surface area contributed by atoms with Crippen molar-refractivity contribution in [3.05, 3.63) is 11.5 Å². The van der Waals surface area contributed by atoms with Crippen molar-refractivity contribution in [2.75, 3.05) is 4.90 Å². The van der Waals surface area contributed by atoms with E-state index in [4.69, 9.17) is 11.6 Å². The molecule has 0 amide bonds. The fraction of sp³-hybridized carbons (Fsp3) is 0.615. The molecule has 0 saturated heterocycles. The Kier molecular flexibility index (Phi) is 3.73. The Balaban J connectivity index is 2.03. The van der Waals surface area contributed by atoms with Crippen molar-refractivity contribution in [2.45, 2.75) is 50.6 Å². The van der Waals surface area contributed by atoms with Gasteiger partial charge >= 0.3 is 0 Å². The standard InChI is InChI=1S/C13H14ClF2N3OSi/c1-2-8-11(20)21-9-6-17-12(14)18-10(9)19(8)7-3-4-13(15,16)5-7/h6-8H,2-5H2,1H3/t7?,8-/m1/s1. The van der Waals surface area contributed by atoms with Crippen LogP contribution in [0.5, 0.6) is 0 Å². The number of carbonyl (C=O) groups excluding carboxylic acids is 1. The van der Waals surface area contributed by atoms with Crippen LogP contribution in [-0.2, 0) is 4.79 Å². The van der Waals surface area contributed by atoms with Gasteiger partial charge in [-0.15, -0.1) is 0 Å². The number of nitrogens with zero attached hydrogens (tertiary/aromatic N) is 3. The monoisotopic (exact) mass is 329 g/mol. The number of rotatable bonds is 2. The molecule has 2 aliphatic rings. The third-order valence-electron chi connectivity index (χ3n) is 4.04. The van der Waals surface area contributed by atoms with E-state index in [0.717, 1.165) is 0 Å². The first kappa shape index (κ1) is 14.8. The molecule has 1 aromatic rings. The molecule has 3 rings (SSSR count). The summed E-state index contributed by atoms with van der Waals surface area (Å²) < 4.78 is 27.1. The Bertz CT molecular complexity index is 587. The Morgan fingerprint density at radius 2 is 2.33 bits per heavy atom. The van der Waals surface area contributed by atoms with E-state index < -0.39 is 5.92 Å². The molecule has 2 radical (unpaired) electrons. The van der Waals surface area contributed by atoms with Gasteiger partial charge in [-0.2, -0.15) is 0 Å². The molecule has 4 nitrogen and oxygen atoms in total. The summed E-state index contributed by atoms with van der Waals surface area (Å²) in [5.41, 5.74) is 0. The highest BCUT2D eigenvalue weighted by atomic mass is 35.5. The van der Waals surface area contributed by atoms with Gasteiger partial charge in [0.15, 0.2) is 9.52 Å². The number of halogens is 3. The average molecular weight is 330 g/mol. The van der Waals surface area contributed by atoms with Gasteiger partial charge in [-0.3, -0.25) is 0 Å². The Morgan fingerprint density at radius 3 is 2.95 bits per heavy atom. The van der Waals surface area contributed by atoms with Crippen LogP contribution in [0.2, 0.25) is 5.28 Å². The molecular formula is C13H14ClF2N3OSi. The predicted octanol–water partition coefficient (Wildman–Crippen LogP) is 1.77. The maximum Gasteiger partial charge on any atom is 0.250 e. The van der Waals surface area contributed by atoms with Crippen molar-refractivity contribution in [3.8, 4) is 0 Å². The van der Waals surface area contributed by atoms with Gasteiger partial charge in [0.25, 0.3) is 0 Å². The summed E-state index contributed by atoms with van der Waals surface area (Å²) >= 11 is 5.85. The molecule has 8 heteroatoms. The second-order valence-electron chi connectivity index (χ2n) is 5.45. The highest BCUT2D eigenvalue weighted by Crippen LogP contribution is 2.40. The Hall–Kier alpha value is -1.08. The largest absolute Gasteiger partial charge is 0.344 e. The summed E-state index contributed by atoms with van der Waals surface area (Å²) in [6, 6.07) is -0.760. The van der Waals surface area contributed by atoms with Gasteiger partial charge in [-0.25, -0.2) is 18.7 Å². The highest BCUT2D eigenvalue weighted by Gasteiger charge is 2.46. The van der Waals surface area contributed by atoms with Crippen LogP contribution < -0.4 is 10.1 Å². The van der Waals surface area contributed by atoms with Gasteiger partial charge in [0.2, 0.25) is 11.2 Å². The van der Waals surface area contributed by atoms with E-state index in [9.17, 15) is 13.6 Å². The van der Waals surface area contributed by atoms with E-state index in [1.807, 2.05) is 6.92 Å². The Morgan fingerprint density at radius 1 is 1.57 bits per heavy atom. The lowest BCUT2D eigenvalue weighted by atomic mass is 10.1. The first-order valence-corrected chi connectivity index (χ1v) is 8.28. The van der Waals surface area contributed by atoms with E-state index in [2.05, 4.69) is 9.97 Å². The van der Waals surface area contributed by atoms with Crippen molar-refractivity contribution in [3.63, 3.8) is 0 Å². The van der Waals surface area contributed by atoms with Gasteiger partial charge in [-0.05, 0) is 24.4 Å². The SMILES string of the molecule is CC[C@@H]1C(=O)[Si]c2cnc(Cl)nc2N1C1CCC(F)(F)C1. The van der Waals surface area contributed by atoms with Gasteiger partial charge in [-0.1, -0.05) is 6.92 Å². The second-order valence-corrected chi connectivity index (χ2v) is 7.07. The molecular weight excluding hydrogens is 316 g/mol. The molecule has 1 aromatic heterocycles. The molecule has 1 aliphatic heterocycles. The van der Waals surface area contributed by atoms with Gasteiger partial charge < -0.3 is 9.69 Å². The molecule has 1 fully saturated rings. The number of fused-ring (bicyclic) bond motifs is 1. The number of aromatic nitrogens is 2. The molecule has 1 aliphatic carbocycles. The summed E-state index contributed by atoms with van der Waals surface area (Å²) in [6.45, 7) is 1.89. The zero-order valence-corrected chi connectivity index (χ0v) is 13.2. The molecule has 0 spiro atoms. The van der Waals surface area contributed by atoms with E-state index in [1.54, 1.807) is 4.90 Å². The fourth-order valence-electron chi connectivity index (χ4n) is 3.10. The van der Waals surface area contributed by atoms with Gasteiger partial charge in [0.1, 0.15) is 11.2 Å². The maximum atomic E-state index is 13.6. The highest BCUT2D eigenvalue weighted by molar-refractivity contribution is 6.86. The molecule has 1 unspecified atom stereocenters. The molecule has 112 valence electrons. The lowest BCUT2D eigenvalue weighted by Crippen LogP contribution is -2.56. The fourth-order valence-corrected chi connectivity index (χ4v) is 4.43. The first-order valence-electron chi connectivity index (χ1n) is 6.91. The number of hydrogen-bond donors (Lipinski definition) is 0. The number of carbonyl (C=O) groups is 1. The summed E-state index contributed by atoms with van der Waals surface area (Å²) in [7, 11) is -0.0337. The number of anilines is 1. The van der Waals surface area contributed by atoms with E-state index in [-0.39, 0.29) is 45.1 Å². The van der Waals surface area contributed by atoms with Crippen LogP contribution in [0.15, 0.2) is 6.20 Å². The number of alkyl halides is 2. The van der Waals surface area contributed by atoms with E-state index in [1.165, 1.54) is 6.20 Å². The van der Waals surface area contributed by atoms with Crippen LogP contribution in [-0.4, -0.2) is 42.9 Å². The second kappa shape index (κ2) is 5.28. The van der Waals surface area contributed by atoms with Gasteiger partial charge in [0, 0.05) is 30.3 Å². The summed E-state index contributed by atoms with van der Waals surface area (Å²) in [4.78, 5) is 22.2. The van der Waals surface area contributed by atoms with Crippen LogP contribution >= 0.6 is 11.6 Å². The topological polar surface area (TPSA) is 46.1 Å². The van der Waals surface area contributed by atoms with Crippen molar-refractivity contribution < 1.29 is 13.6 Å². The lowest BCUT2D eigenvalue weighted by molar-refractivity contribution is -0.113. The van der Waals surface area contributed by atoms with Crippen molar-refractivity contribution in [1.82, 2.24) is 9.97 Å². The van der Waals surface area contributed by atoms with Crippen LogP contribution in [0.25, 0.3) is 0 Å². The third kappa shape index (κ3) is 2.68. The predicted molar refractivity (Wildman–Crippen MR) is 76.6 cm³/mol. The molecule has 2 atom stereocenters. The Labute approximate surface area is 128 Å². The smallest absolute Gasteiger partial charge is 0.250 e. The molecule has 2 heterocycles. The molecule has 1 saturated carbocycles. The zero-order chi connectivity index (χ0) is 15.2. The van der Waals surface area contributed by atoms with Crippen LogP contribution in [0.4, 0.5) is 14.6 Å². The average Bonchev–Trinajstić information content (AvgIpc) is 2.77. The summed E-state index contributed by atoms with van der Waals surface area (Å²) in [5.74, 6) is -2.11. The molecule has 0 aromatic carbocycles. The normalized spacial score (nSPS) is 27.8. The third-order valence-corrected chi connectivity index (χ3v) is 5.42. The zero-order valence-electron chi connectivity index (χ0n) is 11.4. The molecule has 0 bridgehead atoms. The lowest BCUT2D eigenvalue weighted by Gasteiger charge is -2.40. The number of hydrogen-bond acceptors (Lipinski definition) is 4. The minimum Gasteiger partial charge on any atom is -0.344 e. The van der Waals surface area contributed by atoms with E-state index >= 15 is 0 Å². The minimum absolute atomic E-state index is 0.0337. The van der Waals surface area contributed by atoms with Crippen LogP contribution in [0.1, 0.15) is 32.6 Å². The van der Waals surface area contributed by atoms with Crippen molar-refractivity contribution in [2.24, 2.45) is 0 Å². The molecule has 21 heavy (non-hydrogen) atoms. The van der Waals surface area contributed by atoms with Gasteiger partial charge in [0.05, 0.1) is 6.04 Å². The van der Waals surface area contributed by atoms with Crippen LogP contribution in [0, 0.1) is 0 Å². The summed E-state index contributed by atoms with van der Waals surface area (Å²) in [6.07, 6.45) is 2.10. The van der Waals surface area contributed by atoms with Crippen LogP contribution in [0.3, 0.4) is 0 Å². The quantitative estimate of drug-likeness (QED) is 0.613. The van der Waals surface area contributed by atoms with Crippen molar-refractivity contribution >= 4 is 37.5 Å². The maximum absolute atomic E-state index is 13.6. The summed E-state index contributed by atoms with van der Waals surface area (Å²) in [5, 5.41) is 0.841. The minimum atomic E-state index is -2.66. The first-order chi connectivity index (χ1) is 9.91. The van der Waals surface area contributed by atoms with E-state index in [0.29, 0.717) is 23.8 Å².